The van der Waals surface area contributed by atoms with E-state index in [9.17, 15) is 14.4 Å². The van der Waals surface area contributed by atoms with Crippen molar-refractivity contribution in [1.29, 1.82) is 0 Å². The van der Waals surface area contributed by atoms with E-state index in [2.05, 4.69) is 17.8 Å². The molecule has 1 aliphatic heterocycles. The zero-order valence-corrected chi connectivity index (χ0v) is 18.2. The number of nitrogens with one attached hydrogen (secondary N) is 1. The topological polar surface area (TPSA) is 94.2 Å². The minimum Gasteiger partial charge on any atom is -0.497 e. The predicted molar refractivity (Wildman–Crippen MR) is 123 cm³/mol. The van der Waals surface area contributed by atoms with Gasteiger partial charge in [0, 0.05) is 5.56 Å². The van der Waals surface area contributed by atoms with Gasteiger partial charge in [0.2, 0.25) is 0 Å². The van der Waals surface area contributed by atoms with Crippen molar-refractivity contribution < 1.29 is 28.6 Å². The van der Waals surface area contributed by atoms with Crippen LogP contribution >= 0.6 is 0 Å². The largest absolute Gasteiger partial charge is 0.497 e. The summed E-state index contributed by atoms with van der Waals surface area (Å²) in [6.07, 6.45) is 8.80. The highest BCUT2D eigenvalue weighted by Crippen LogP contribution is 2.35. The summed E-state index contributed by atoms with van der Waals surface area (Å²) in [5.41, 5.74) is 1.28. The molecule has 1 fully saturated rings. The van der Waals surface area contributed by atoms with E-state index in [1.807, 2.05) is 0 Å². The lowest BCUT2D eigenvalue weighted by molar-refractivity contribution is -0.122. The zero-order valence-electron chi connectivity index (χ0n) is 18.2. The Kier molecular flexibility index (Phi) is 7.16. The lowest BCUT2D eigenvalue weighted by atomic mass is 10.0. The van der Waals surface area contributed by atoms with E-state index >= 15 is 0 Å². The second-order valence-corrected chi connectivity index (χ2v) is 6.85. The Morgan fingerprint density at radius 3 is 2.45 bits per heavy atom. The highest BCUT2D eigenvalue weighted by Gasteiger charge is 2.36. The number of anilines is 1. The van der Waals surface area contributed by atoms with Gasteiger partial charge in [-0.15, -0.1) is 13.0 Å². The van der Waals surface area contributed by atoms with E-state index in [0.29, 0.717) is 40.5 Å². The van der Waals surface area contributed by atoms with E-state index < -0.39 is 17.8 Å². The zero-order chi connectivity index (χ0) is 24.0. The molecule has 0 unspecified atom stereocenters. The van der Waals surface area contributed by atoms with E-state index in [1.165, 1.54) is 20.3 Å². The molecule has 0 atom stereocenters. The van der Waals surface area contributed by atoms with Gasteiger partial charge in [-0.2, -0.15) is 0 Å². The molecule has 33 heavy (non-hydrogen) atoms. The highest BCUT2D eigenvalue weighted by molar-refractivity contribution is 6.39. The molecule has 1 saturated heterocycles. The number of carbonyl (C=O) groups is 3. The fourth-order valence-corrected chi connectivity index (χ4v) is 3.29. The average Bonchev–Trinajstić information content (AvgIpc) is 2.81. The SMILES string of the molecule is C#CCOc1c(CC=C)cc(/C=C2\C(=O)NC(=O)N(c3ccc(OC)cc3)C2=O)cc1OC. The van der Waals surface area contributed by atoms with Gasteiger partial charge in [0.1, 0.15) is 17.9 Å². The van der Waals surface area contributed by atoms with Gasteiger partial charge in [-0.05, 0) is 54.5 Å². The molecule has 2 aromatic rings. The van der Waals surface area contributed by atoms with Crippen molar-refractivity contribution in [2.45, 2.75) is 6.42 Å². The van der Waals surface area contributed by atoms with Crippen molar-refractivity contribution in [1.82, 2.24) is 5.32 Å². The highest BCUT2D eigenvalue weighted by atomic mass is 16.5. The van der Waals surface area contributed by atoms with Crippen LogP contribution in [0.2, 0.25) is 0 Å². The molecule has 8 nitrogen and oxygen atoms in total. The van der Waals surface area contributed by atoms with E-state index in [1.54, 1.807) is 42.5 Å². The summed E-state index contributed by atoms with van der Waals surface area (Å²) < 4.78 is 16.1. The van der Waals surface area contributed by atoms with Gasteiger partial charge < -0.3 is 14.2 Å². The van der Waals surface area contributed by atoms with Crippen molar-refractivity contribution in [2.75, 3.05) is 25.7 Å². The molecule has 0 aromatic heterocycles. The number of barbiturate groups is 1. The number of terminal acetylenes is 1. The fraction of sp³-hybridized carbons (Fsp3) is 0.160. The van der Waals surface area contributed by atoms with E-state index in [-0.39, 0.29) is 12.2 Å². The predicted octanol–water partition coefficient (Wildman–Crippen LogP) is 3.11. The molecule has 0 aliphatic carbocycles. The van der Waals surface area contributed by atoms with Crippen LogP contribution in [-0.4, -0.2) is 38.7 Å². The quantitative estimate of drug-likeness (QED) is 0.290. The Morgan fingerprint density at radius 1 is 1.12 bits per heavy atom. The number of nitrogens with zero attached hydrogens (tertiary/aromatic N) is 1. The van der Waals surface area contributed by atoms with Crippen LogP contribution in [0.1, 0.15) is 11.1 Å². The molecule has 0 bridgehead atoms. The standard InChI is InChI=1S/C25H22N2O6/c1-5-7-17-13-16(15-21(32-4)22(17)33-12-6-2)14-20-23(28)26-25(30)27(24(20)29)18-8-10-19(31-3)11-9-18/h2,5,8-11,13-15H,1,7,12H2,3-4H3,(H,26,28,30)/b20-14+. The van der Waals surface area contributed by atoms with Gasteiger partial charge in [-0.1, -0.05) is 12.0 Å². The van der Waals surface area contributed by atoms with Crippen LogP contribution in [-0.2, 0) is 16.0 Å². The third kappa shape index (κ3) is 4.88. The first-order valence-corrected chi connectivity index (χ1v) is 9.87. The third-order valence-corrected chi connectivity index (χ3v) is 4.78. The molecule has 1 heterocycles. The number of urea groups is 1. The first-order valence-electron chi connectivity index (χ1n) is 9.87. The molecule has 0 saturated carbocycles. The lowest BCUT2D eigenvalue weighted by Gasteiger charge is -2.26. The van der Waals surface area contributed by atoms with Crippen molar-refractivity contribution in [3.63, 3.8) is 0 Å². The Labute approximate surface area is 191 Å². The van der Waals surface area contributed by atoms with Crippen molar-refractivity contribution in [2.24, 2.45) is 0 Å². The Hall–Kier alpha value is -4.51. The summed E-state index contributed by atoms with van der Waals surface area (Å²) in [6, 6.07) is 8.82. The molecule has 8 heteroatoms. The summed E-state index contributed by atoms with van der Waals surface area (Å²) >= 11 is 0. The first kappa shape index (κ1) is 23.2. The number of hydrogen-bond acceptors (Lipinski definition) is 6. The summed E-state index contributed by atoms with van der Waals surface area (Å²) in [6.45, 7) is 3.79. The van der Waals surface area contributed by atoms with Crippen LogP contribution in [0.4, 0.5) is 10.5 Å². The summed E-state index contributed by atoms with van der Waals surface area (Å²) in [4.78, 5) is 38.9. The number of carbonyl (C=O) groups excluding carboxylic acids is 3. The number of amides is 4. The van der Waals surface area contributed by atoms with Crippen LogP contribution in [0.3, 0.4) is 0 Å². The average molecular weight is 446 g/mol. The van der Waals surface area contributed by atoms with Gasteiger partial charge in [0.25, 0.3) is 11.8 Å². The first-order chi connectivity index (χ1) is 15.9. The number of imide groups is 2. The number of allylic oxidation sites excluding steroid dienone is 1. The minimum absolute atomic E-state index is 0.0424. The van der Waals surface area contributed by atoms with Crippen molar-refractivity contribution >= 4 is 29.6 Å². The maximum absolute atomic E-state index is 13.1. The summed E-state index contributed by atoms with van der Waals surface area (Å²) in [5, 5.41) is 2.20. The Balaban J connectivity index is 2.04. The molecule has 168 valence electrons. The third-order valence-electron chi connectivity index (χ3n) is 4.78. The van der Waals surface area contributed by atoms with Gasteiger partial charge in [0.05, 0.1) is 19.9 Å². The smallest absolute Gasteiger partial charge is 0.335 e. The maximum Gasteiger partial charge on any atom is 0.335 e. The normalized spacial score (nSPS) is 14.5. The van der Waals surface area contributed by atoms with Gasteiger partial charge >= 0.3 is 6.03 Å². The van der Waals surface area contributed by atoms with Crippen LogP contribution in [0, 0.1) is 12.3 Å². The van der Waals surface area contributed by atoms with Crippen LogP contribution in [0.5, 0.6) is 17.2 Å². The molecule has 1 aliphatic rings. The lowest BCUT2D eigenvalue weighted by Crippen LogP contribution is -2.54. The maximum atomic E-state index is 13.1. The van der Waals surface area contributed by atoms with Crippen LogP contribution in [0.25, 0.3) is 6.08 Å². The van der Waals surface area contributed by atoms with Crippen LogP contribution < -0.4 is 24.4 Å². The Bertz CT molecular complexity index is 1170. The number of hydrogen-bond donors (Lipinski definition) is 1. The fourth-order valence-electron chi connectivity index (χ4n) is 3.29. The molecular weight excluding hydrogens is 424 g/mol. The van der Waals surface area contributed by atoms with Crippen molar-refractivity contribution in [3.8, 4) is 29.6 Å². The molecule has 3 rings (SSSR count). The number of benzene rings is 2. The van der Waals surface area contributed by atoms with Gasteiger partial charge in [-0.3, -0.25) is 14.9 Å². The molecule has 2 aromatic carbocycles. The summed E-state index contributed by atoms with van der Waals surface area (Å²) in [5.74, 6) is 2.23. The van der Waals surface area contributed by atoms with Gasteiger partial charge in [0.15, 0.2) is 11.5 Å². The molecular formula is C25H22N2O6. The second kappa shape index (κ2) is 10.2. The van der Waals surface area contributed by atoms with Gasteiger partial charge in [-0.25, -0.2) is 9.69 Å². The molecule has 4 amide bonds. The molecule has 1 N–H and O–H groups in total. The van der Waals surface area contributed by atoms with Crippen molar-refractivity contribution in [3.05, 3.63) is 65.8 Å². The molecule has 0 spiro atoms. The number of methoxy groups -OCH3 is 2. The monoisotopic (exact) mass is 446 g/mol. The number of rotatable bonds is 8. The molecule has 0 radical (unpaired) electrons. The van der Waals surface area contributed by atoms with E-state index in [4.69, 9.17) is 20.6 Å². The second-order valence-electron chi connectivity index (χ2n) is 6.85. The van der Waals surface area contributed by atoms with Crippen LogP contribution in [0.15, 0.2) is 54.6 Å². The van der Waals surface area contributed by atoms with E-state index in [0.717, 1.165) is 4.90 Å². The number of ether oxygens (including phenoxy) is 3. The summed E-state index contributed by atoms with van der Waals surface area (Å²) in [7, 11) is 2.97. The minimum atomic E-state index is -0.838. The Morgan fingerprint density at radius 2 is 1.85 bits per heavy atom.